The van der Waals surface area contributed by atoms with Gasteiger partial charge in [0.05, 0.1) is 12.1 Å². The van der Waals surface area contributed by atoms with Crippen LogP contribution in [0.1, 0.15) is 10.4 Å². The number of nitrogen functional groups attached to an aromatic ring is 1. The van der Waals surface area contributed by atoms with Crippen molar-refractivity contribution in [2.75, 3.05) is 12.8 Å². The number of nitrogens with two attached hydrogens (primary N) is 1. The van der Waals surface area contributed by atoms with Crippen molar-refractivity contribution < 1.29 is 18.7 Å². The van der Waals surface area contributed by atoms with E-state index >= 15 is 0 Å². The van der Waals surface area contributed by atoms with Crippen molar-refractivity contribution in [2.45, 2.75) is 0 Å². The summed E-state index contributed by atoms with van der Waals surface area (Å²) >= 11 is 5.87. The van der Waals surface area contributed by atoms with Crippen molar-refractivity contribution in [1.82, 2.24) is 0 Å². The van der Waals surface area contributed by atoms with Crippen molar-refractivity contribution in [1.29, 1.82) is 0 Å². The first-order valence-electron chi connectivity index (χ1n) is 5.62. The monoisotopic (exact) mass is 295 g/mol. The Balaban J connectivity index is 2.40. The van der Waals surface area contributed by atoms with Crippen LogP contribution in [0.3, 0.4) is 0 Å². The molecule has 0 bridgehead atoms. The van der Waals surface area contributed by atoms with Crippen LogP contribution in [0.15, 0.2) is 36.4 Å². The Morgan fingerprint density at radius 1 is 1.20 bits per heavy atom. The quantitative estimate of drug-likeness (QED) is 0.693. The van der Waals surface area contributed by atoms with Gasteiger partial charge in [-0.15, -0.1) is 0 Å². The normalized spacial score (nSPS) is 10.2. The molecule has 0 spiro atoms. The fraction of sp³-hybridized carbons (Fsp3) is 0.0714. The molecule has 2 N–H and O–H groups in total. The minimum atomic E-state index is -0.592. The maximum absolute atomic E-state index is 13.0. The maximum atomic E-state index is 13.0. The SMILES string of the molecule is COC(=O)c1cc(N)ccc1Oc1ccc(F)cc1Cl. The first-order chi connectivity index (χ1) is 9.51. The Morgan fingerprint density at radius 2 is 1.90 bits per heavy atom. The van der Waals surface area contributed by atoms with Crippen molar-refractivity contribution in [2.24, 2.45) is 0 Å². The Hall–Kier alpha value is -2.27. The molecule has 2 aromatic rings. The molecule has 20 heavy (non-hydrogen) atoms. The highest BCUT2D eigenvalue weighted by Gasteiger charge is 2.15. The summed E-state index contributed by atoms with van der Waals surface area (Å²) in [5.74, 6) is -0.624. The van der Waals surface area contributed by atoms with Crippen LogP contribution >= 0.6 is 11.6 Å². The summed E-state index contributed by atoms with van der Waals surface area (Å²) in [6.07, 6.45) is 0. The minimum Gasteiger partial charge on any atom is -0.465 e. The second-order valence-corrected chi connectivity index (χ2v) is 4.33. The van der Waals surface area contributed by atoms with Gasteiger partial charge < -0.3 is 15.2 Å². The lowest BCUT2D eigenvalue weighted by atomic mass is 10.2. The highest BCUT2D eigenvalue weighted by molar-refractivity contribution is 6.32. The summed E-state index contributed by atoms with van der Waals surface area (Å²) in [6, 6.07) is 8.20. The van der Waals surface area contributed by atoms with E-state index in [4.69, 9.17) is 22.1 Å². The molecule has 0 atom stereocenters. The number of ether oxygens (including phenoxy) is 2. The van der Waals surface area contributed by atoms with Crippen LogP contribution in [0.2, 0.25) is 5.02 Å². The summed E-state index contributed by atoms with van der Waals surface area (Å²) in [6.45, 7) is 0. The molecule has 0 aliphatic carbocycles. The standard InChI is InChI=1S/C14H11ClFNO3/c1-19-14(18)10-7-9(17)3-5-12(10)20-13-4-2-8(16)6-11(13)15/h2-7H,17H2,1H3. The summed E-state index contributed by atoms with van der Waals surface area (Å²) in [5.41, 5.74) is 6.18. The number of anilines is 1. The number of hydrogen-bond acceptors (Lipinski definition) is 4. The molecule has 2 aromatic carbocycles. The zero-order chi connectivity index (χ0) is 14.7. The van der Waals surface area contributed by atoms with Crippen molar-refractivity contribution in [3.8, 4) is 11.5 Å². The van der Waals surface area contributed by atoms with Crippen molar-refractivity contribution in [3.63, 3.8) is 0 Å². The van der Waals surface area contributed by atoms with E-state index in [1.165, 1.54) is 31.4 Å². The summed E-state index contributed by atoms with van der Waals surface area (Å²) in [7, 11) is 1.25. The molecule has 0 amide bonds. The molecular weight excluding hydrogens is 285 g/mol. The number of hydrogen-bond donors (Lipinski definition) is 1. The van der Waals surface area contributed by atoms with E-state index in [9.17, 15) is 9.18 Å². The third kappa shape index (κ3) is 3.00. The molecule has 0 aliphatic heterocycles. The lowest BCUT2D eigenvalue weighted by Crippen LogP contribution is -2.05. The first-order valence-corrected chi connectivity index (χ1v) is 6.00. The highest BCUT2D eigenvalue weighted by atomic mass is 35.5. The number of rotatable bonds is 3. The first kappa shape index (κ1) is 14.1. The fourth-order valence-electron chi connectivity index (χ4n) is 1.58. The van der Waals surface area contributed by atoms with Crippen LogP contribution in [0.25, 0.3) is 0 Å². The Morgan fingerprint density at radius 3 is 2.55 bits per heavy atom. The van der Waals surface area contributed by atoms with E-state index < -0.39 is 11.8 Å². The van der Waals surface area contributed by atoms with E-state index in [1.807, 2.05) is 0 Å². The molecule has 0 saturated carbocycles. The Bertz CT molecular complexity index is 661. The van der Waals surface area contributed by atoms with Crippen LogP contribution in [0.5, 0.6) is 11.5 Å². The van der Waals surface area contributed by atoms with Crippen molar-refractivity contribution >= 4 is 23.3 Å². The zero-order valence-corrected chi connectivity index (χ0v) is 11.3. The molecule has 0 heterocycles. The topological polar surface area (TPSA) is 61.5 Å². The van der Waals surface area contributed by atoms with Crippen LogP contribution in [-0.4, -0.2) is 13.1 Å². The highest BCUT2D eigenvalue weighted by Crippen LogP contribution is 2.32. The van der Waals surface area contributed by atoms with E-state index in [0.29, 0.717) is 5.69 Å². The van der Waals surface area contributed by atoms with E-state index in [0.717, 1.165) is 6.07 Å². The van der Waals surface area contributed by atoms with Gasteiger partial charge in [-0.1, -0.05) is 11.6 Å². The smallest absolute Gasteiger partial charge is 0.341 e. The second-order valence-electron chi connectivity index (χ2n) is 3.92. The number of carbonyl (C=O) groups is 1. The van der Waals surface area contributed by atoms with Crippen LogP contribution in [0, 0.1) is 5.82 Å². The van der Waals surface area contributed by atoms with Gasteiger partial charge in [-0.25, -0.2) is 9.18 Å². The van der Waals surface area contributed by atoms with Gasteiger partial charge in [0.2, 0.25) is 0 Å². The van der Waals surface area contributed by atoms with Crippen LogP contribution < -0.4 is 10.5 Å². The molecule has 0 fully saturated rings. The van der Waals surface area contributed by atoms with Gasteiger partial charge >= 0.3 is 5.97 Å². The minimum absolute atomic E-state index is 0.0950. The summed E-state index contributed by atoms with van der Waals surface area (Å²) < 4.78 is 23.1. The van der Waals surface area contributed by atoms with E-state index in [2.05, 4.69) is 4.74 Å². The second kappa shape index (κ2) is 5.79. The van der Waals surface area contributed by atoms with E-state index in [1.54, 1.807) is 6.07 Å². The Kier molecular flexibility index (Phi) is 4.10. The molecule has 0 unspecified atom stereocenters. The summed E-state index contributed by atoms with van der Waals surface area (Å²) in [4.78, 5) is 11.7. The van der Waals surface area contributed by atoms with Crippen LogP contribution in [-0.2, 0) is 4.74 Å². The van der Waals surface area contributed by atoms with Gasteiger partial charge in [-0.05, 0) is 36.4 Å². The van der Waals surface area contributed by atoms with Gasteiger partial charge in [0.1, 0.15) is 22.9 Å². The van der Waals surface area contributed by atoms with Gasteiger partial charge in [0.25, 0.3) is 0 Å². The molecule has 104 valence electrons. The molecule has 0 aromatic heterocycles. The molecule has 0 aliphatic rings. The predicted octanol–water partition coefficient (Wildman–Crippen LogP) is 3.64. The average molecular weight is 296 g/mol. The largest absolute Gasteiger partial charge is 0.465 e. The average Bonchev–Trinajstić information content (AvgIpc) is 2.42. The van der Waals surface area contributed by atoms with Crippen molar-refractivity contribution in [3.05, 3.63) is 52.8 Å². The zero-order valence-electron chi connectivity index (χ0n) is 10.5. The molecule has 0 saturated heterocycles. The van der Waals surface area contributed by atoms with Crippen LogP contribution in [0.4, 0.5) is 10.1 Å². The molecule has 0 radical (unpaired) electrons. The number of halogens is 2. The third-order valence-corrected chi connectivity index (χ3v) is 2.82. The molecule has 4 nitrogen and oxygen atoms in total. The molecular formula is C14H11ClFNO3. The Labute approximate surface area is 119 Å². The van der Waals surface area contributed by atoms with Gasteiger partial charge in [0, 0.05) is 5.69 Å². The lowest BCUT2D eigenvalue weighted by molar-refractivity contribution is 0.0598. The third-order valence-electron chi connectivity index (χ3n) is 2.52. The number of methoxy groups -OCH3 is 1. The molecule has 6 heteroatoms. The lowest BCUT2D eigenvalue weighted by Gasteiger charge is -2.11. The molecule has 2 rings (SSSR count). The number of benzene rings is 2. The number of carbonyl (C=O) groups excluding carboxylic acids is 1. The summed E-state index contributed by atoms with van der Waals surface area (Å²) in [5, 5.41) is 0.0950. The van der Waals surface area contributed by atoms with Gasteiger partial charge in [-0.3, -0.25) is 0 Å². The van der Waals surface area contributed by atoms with Gasteiger partial charge in [-0.2, -0.15) is 0 Å². The predicted molar refractivity (Wildman–Crippen MR) is 73.7 cm³/mol. The maximum Gasteiger partial charge on any atom is 0.341 e. The fourth-order valence-corrected chi connectivity index (χ4v) is 1.79. The van der Waals surface area contributed by atoms with E-state index in [-0.39, 0.29) is 22.1 Å². The van der Waals surface area contributed by atoms with Gasteiger partial charge in [0.15, 0.2) is 0 Å². The number of esters is 1.